The van der Waals surface area contributed by atoms with Gasteiger partial charge < -0.3 is 19.5 Å². The third-order valence-electron chi connectivity index (χ3n) is 5.37. The lowest BCUT2D eigenvalue weighted by molar-refractivity contribution is -0.117. The van der Waals surface area contributed by atoms with E-state index in [9.17, 15) is 4.79 Å². The number of hydrogen-bond donors (Lipinski definition) is 1. The molecule has 6 heteroatoms. The van der Waals surface area contributed by atoms with Gasteiger partial charge in [-0.3, -0.25) is 9.69 Å². The van der Waals surface area contributed by atoms with E-state index < -0.39 is 0 Å². The van der Waals surface area contributed by atoms with E-state index in [0.29, 0.717) is 38.0 Å². The van der Waals surface area contributed by atoms with Gasteiger partial charge in [0.25, 0.3) is 0 Å². The third-order valence-corrected chi connectivity index (χ3v) is 5.37. The second-order valence-corrected chi connectivity index (χ2v) is 7.63. The van der Waals surface area contributed by atoms with Crippen molar-refractivity contribution in [3.8, 4) is 11.5 Å². The van der Waals surface area contributed by atoms with Crippen molar-refractivity contribution >= 4 is 11.6 Å². The van der Waals surface area contributed by atoms with Gasteiger partial charge in [-0.1, -0.05) is 30.3 Å². The van der Waals surface area contributed by atoms with Crippen molar-refractivity contribution < 1.29 is 19.0 Å². The highest BCUT2D eigenvalue weighted by atomic mass is 16.6. The molecule has 0 aliphatic carbocycles. The Kier molecular flexibility index (Phi) is 6.64. The third kappa shape index (κ3) is 5.71. The van der Waals surface area contributed by atoms with Crippen LogP contribution in [0.25, 0.3) is 0 Å². The SMILES string of the molecule is O=C(CN1CCC(COCc2ccccc2)CC1)Nc1ccc2c(c1)OCCO2. The van der Waals surface area contributed by atoms with E-state index in [4.69, 9.17) is 14.2 Å². The molecule has 1 fully saturated rings. The van der Waals surface area contributed by atoms with Crippen LogP contribution in [0.2, 0.25) is 0 Å². The highest BCUT2D eigenvalue weighted by Gasteiger charge is 2.21. The van der Waals surface area contributed by atoms with Gasteiger partial charge in [0.1, 0.15) is 13.2 Å². The summed E-state index contributed by atoms with van der Waals surface area (Å²) in [6.07, 6.45) is 2.12. The molecule has 4 rings (SSSR count). The van der Waals surface area contributed by atoms with E-state index in [1.165, 1.54) is 5.56 Å². The molecule has 2 heterocycles. The summed E-state index contributed by atoms with van der Waals surface area (Å²) in [6, 6.07) is 15.8. The second-order valence-electron chi connectivity index (χ2n) is 7.63. The summed E-state index contributed by atoms with van der Waals surface area (Å²) in [5, 5.41) is 2.96. The summed E-state index contributed by atoms with van der Waals surface area (Å²) in [6.45, 7) is 4.80. The quantitative estimate of drug-likeness (QED) is 0.778. The number of amides is 1. The molecule has 0 spiro atoms. The molecule has 1 saturated heterocycles. The normalized spacial score (nSPS) is 17.1. The van der Waals surface area contributed by atoms with Gasteiger partial charge in [0.05, 0.1) is 13.2 Å². The van der Waals surface area contributed by atoms with Crippen LogP contribution in [0.3, 0.4) is 0 Å². The predicted octanol–water partition coefficient (Wildman–Crippen LogP) is 3.33. The molecule has 0 unspecified atom stereocenters. The van der Waals surface area contributed by atoms with Crippen LogP contribution < -0.4 is 14.8 Å². The van der Waals surface area contributed by atoms with Crippen LogP contribution in [0.5, 0.6) is 11.5 Å². The summed E-state index contributed by atoms with van der Waals surface area (Å²) in [5.74, 6) is 1.98. The maximum absolute atomic E-state index is 12.4. The highest BCUT2D eigenvalue weighted by molar-refractivity contribution is 5.92. The molecular formula is C23H28N2O4. The molecule has 0 atom stereocenters. The summed E-state index contributed by atoms with van der Waals surface area (Å²) >= 11 is 0. The highest BCUT2D eigenvalue weighted by Crippen LogP contribution is 2.32. The molecule has 0 saturated carbocycles. The number of carbonyl (C=O) groups is 1. The van der Waals surface area contributed by atoms with E-state index in [-0.39, 0.29) is 5.91 Å². The molecule has 29 heavy (non-hydrogen) atoms. The Morgan fingerprint density at radius 1 is 1.03 bits per heavy atom. The Balaban J connectivity index is 1.16. The fourth-order valence-electron chi connectivity index (χ4n) is 3.75. The molecule has 0 radical (unpaired) electrons. The number of likely N-dealkylation sites (tertiary alicyclic amines) is 1. The largest absolute Gasteiger partial charge is 0.486 e. The molecule has 2 aliphatic heterocycles. The van der Waals surface area contributed by atoms with Crippen LogP contribution in [0, 0.1) is 5.92 Å². The zero-order valence-electron chi connectivity index (χ0n) is 16.6. The minimum atomic E-state index is 0.000422. The smallest absolute Gasteiger partial charge is 0.238 e. The van der Waals surface area contributed by atoms with Gasteiger partial charge in [0.15, 0.2) is 11.5 Å². The van der Waals surface area contributed by atoms with Gasteiger partial charge in [0.2, 0.25) is 5.91 Å². The van der Waals surface area contributed by atoms with Crippen LogP contribution in [-0.2, 0) is 16.1 Å². The Morgan fingerprint density at radius 3 is 2.59 bits per heavy atom. The molecule has 1 N–H and O–H groups in total. The Labute approximate surface area is 171 Å². The first-order valence-electron chi connectivity index (χ1n) is 10.3. The second kappa shape index (κ2) is 9.76. The van der Waals surface area contributed by atoms with Crippen molar-refractivity contribution in [1.29, 1.82) is 0 Å². The van der Waals surface area contributed by atoms with Crippen molar-refractivity contribution in [1.82, 2.24) is 4.90 Å². The maximum atomic E-state index is 12.4. The van der Waals surface area contributed by atoms with Gasteiger partial charge >= 0.3 is 0 Å². The van der Waals surface area contributed by atoms with E-state index in [1.54, 1.807) is 0 Å². The van der Waals surface area contributed by atoms with Gasteiger partial charge in [-0.25, -0.2) is 0 Å². The minimum Gasteiger partial charge on any atom is -0.486 e. The van der Waals surface area contributed by atoms with E-state index >= 15 is 0 Å². The zero-order chi connectivity index (χ0) is 19.9. The van der Waals surface area contributed by atoms with Crippen molar-refractivity contribution in [2.24, 2.45) is 5.92 Å². The molecule has 2 aromatic rings. The van der Waals surface area contributed by atoms with Crippen molar-refractivity contribution in [3.05, 3.63) is 54.1 Å². The van der Waals surface area contributed by atoms with Crippen LogP contribution in [0.4, 0.5) is 5.69 Å². The van der Waals surface area contributed by atoms with Crippen LogP contribution in [-0.4, -0.2) is 50.3 Å². The monoisotopic (exact) mass is 396 g/mol. The molecule has 1 amide bonds. The molecular weight excluding hydrogens is 368 g/mol. The lowest BCUT2D eigenvalue weighted by Crippen LogP contribution is -2.40. The predicted molar refractivity (Wildman–Crippen MR) is 111 cm³/mol. The zero-order valence-corrected chi connectivity index (χ0v) is 16.6. The lowest BCUT2D eigenvalue weighted by Gasteiger charge is -2.31. The molecule has 0 bridgehead atoms. The topological polar surface area (TPSA) is 60.0 Å². The average molecular weight is 396 g/mol. The molecule has 2 aromatic carbocycles. The summed E-state index contributed by atoms with van der Waals surface area (Å²) in [4.78, 5) is 14.6. The molecule has 2 aliphatic rings. The van der Waals surface area contributed by atoms with Crippen LogP contribution >= 0.6 is 0 Å². The van der Waals surface area contributed by atoms with E-state index in [2.05, 4.69) is 22.3 Å². The maximum Gasteiger partial charge on any atom is 0.238 e. The van der Waals surface area contributed by atoms with Gasteiger partial charge in [-0.2, -0.15) is 0 Å². The lowest BCUT2D eigenvalue weighted by atomic mass is 9.98. The summed E-state index contributed by atoms with van der Waals surface area (Å²) in [5.41, 5.74) is 1.95. The minimum absolute atomic E-state index is 0.000422. The first-order chi connectivity index (χ1) is 14.3. The Morgan fingerprint density at radius 2 is 1.79 bits per heavy atom. The van der Waals surface area contributed by atoms with Crippen molar-refractivity contribution in [2.75, 3.05) is 44.8 Å². The number of nitrogens with one attached hydrogen (secondary N) is 1. The Hall–Kier alpha value is -2.57. The molecule has 6 nitrogen and oxygen atoms in total. The number of nitrogens with zero attached hydrogens (tertiary/aromatic N) is 1. The fourth-order valence-corrected chi connectivity index (χ4v) is 3.75. The summed E-state index contributed by atoms with van der Waals surface area (Å²) < 4.78 is 17.0. The number of benzene rings is 2. The number of ether oxygens (including phenoxy) is 3. The average Bonchev–Trinajstić information content (AvgIpc) is 2.75. The number of fused-ring (bicyclic) bond motifs is 1. The standard InChI is InChI=1S/C23H28N2O4/c26-23(24-20-6-7-21-22(14-20)29-13-12-28-21)15-25-10-8-19(9-11-25)17-27-16-18-4-2-1-3-5-18/h1-7,14,19H,8-13,15-17H2,(H,24,26). The molecule has 0 aromatic heterocycles. The number of piperidine rings is 1. The fraction of sp³-hybridized carbons (Fsp3) is 0.435. The number of anilines is 1. The number of carbonyl (C=O) groups excluding carboxylic acids is 1. The van der Waals surface area contributed by atoms with Crippen LogP contribution in [0.1, 0.15) is 18.4 Å². The van der Waals surface area contributed by atoms with Gasteiger partial charge in [-0.05, 0) is 49.5 Å². The van der Waals surface area contributed by atoms with E-state index in [1.807, 2.05) is 36.4 Å². The first-order valence-corrected chi connectivity index (χ1v) is 10.3. The van der Waals surface area contributed by atoms with Crippen molar-refractivity contribution in [3.63, 3.8) is 0 Å². The number of rotatable bonds is 7. The van der Waals surface area contributed by atoms with E-state index in [0.717, 1.165) is 44.0 Å². The number of hydrogen-bond acceptors (Lipinski definition) is 5. The van der Waals surface area contributed by atoms with Crippen molar-refractivity contribution in [2.45, 2.75) is 19.4 Å². The summed E-state index contributed by atoms with van der Waals surface area (Å²) in [7, 11) is 0. The first kappa shape index (κ1) is 19.7. The van der Waals surface area contributed by atoms with Gasteiger partial charge in [0, 0.05) is 18.4 Å². The van der Waals surface area contributed by atoms with Crippen LogP contribution in [0.15, 0.2) is 48.5 Å². The Bertz CT molecular complexity index is 804. The van der Waals surface area contributed by atoms with Gasteiger partial charge in [-0.15, -0.1) is 0 Å². The molecule has 154 valence electrons.